The van der Waals surface area contributed by atoms with Crippen molar-refractivity contribution in [3.8, 4) is 5.75 Å². The predicted octanol–water partition coefficient (Wildman–Crippen LogP) is 1.79. The number of hydrogen-bond acceptors (Lipinski definition) is 4. The van der Waals surface area contributed by atoms with Crippen LogP contribution in [-0.2, 0) is 0 Å². The van der Waals surface area contributed by atoms with Crippen LogP contribution in [0.2, 0.25) is 0 Å². The molecule has 0 radical (unpaired) electrons. The molecule has 0 heterocycles. The largest absolute Gasteiger partial charge is 0.573 e. The second-order valence-corrected chi connectivity index (χ2v) is 4.19. The molecule has 0 aromatic heterocycles. The van der Waals surface area contributed by atoms with Gasteiger partial charge in [0.25, 0.3) is 5.91 Å². The van der Waals surface area contributed by atoms with Gasteiger partial charge in [-0.15, -0.1) is 13.2 Å². The third-order valence-corrected chi connectivity index (χ3v) is 2.78. The first-order valence-corrected chi connectivity index (χ1v) is 5.76. The minimum absolute atomic E-state index is 0.143. The minimum Gasteiger partial charge on any atom is -0.409 e. The molecule has 0 aliphatic rings. The van der Waals surface area contributed by atoms with Crippen molar-refractivity contribution in [3.63, 3.8) is 0 Å². The summed E-state index contributed by atoms with van der Waals surface area (Å²) in [5.74, 6) is -1.08. The number of alkyl halides is 3. The molecule has 0 aliphatic heterocycles. The van der Waals surface area contributed by atoms with Crippen molar-refractivity contribution in [2.45, 2.75) is 19.3 Å². The molecular weight excluding hydrogens is 291 g/mol. The van der Waals surface area contributed by atoms with Crippen LogP contribution in [0.15, 0.2) is 29.4 Å². The van der Waals surface area contributed by atoms with Gasteiger partial charge in [-0.3, -0.25) is 4.79 Å². The SMILES string of the molecule is CC(/C(N)=N/O)N(C)C(=O)c1ccc(OC(F)(F)F)cc1. The molecular formula is C12H14F3N3O3. The van der Waals surface area contributed by atoms with Crippen molar-refractivity contribution in [1.29, 1.82) is 0 Å². The molecule has 9 heteroatoms. The molecule has 0 spiro atoms. The minimum atomic E-state index is -4.79. The van der Waals surface area contributed by atoms with Gasteiger partial charge in [-0.2, -0.15) is 0 Å². The normalized spacial score (nSPS) is 13.7. The van der Waals surface area contributed by atoms with Crippen LogP contribution in [0.25, 0.3) is 0 Å². The van der Waals surface area contributed by atoms with Gasteiger partial charge >= 0.3 is 6.36 Å². The van der Waals surface area contributed by atoms with E-state index in [0.717, 1.165) is 12.1 Å². The van der Waals surface area contributed by atoms with Crippen LogP contribution in [0.4, 0.5) is 13.2 Å². The number of benzene rings is 1. The van der Waals surface area contributed by atoms with Gasteiger partial charge in [-0.05, 0) is 31.2 Å². The topological polar surface area (TPSA) is 88.2 Å². The molecule has 0 saturated carbocycles. The quantitative estimate of drug-likeness (QED) is 0.384. The summed E-state index contributed by atoms with van der Waals surface area (Å²) in [6.45, 7) is 1.54. The molecule has 0 aliphatic carbocycles. The lowest BCUT2D eigenvalue weighted by atomic mass is 10.1. The summed E-state index contributed by atoms with van der Waals surface area (Å²) in [5, 5.41) is 11.3. The van der Waals surface area contributed by atoms with Gasteiger partial charge in [0, 0.05) is 12.6 Å². The van der Waals surface area contributed by atoms with E-state index < -0.39 is 24.1 Å². The van der Waals surface area contributed by atoms with Gasteiger partial charge in [-0.1, -0.05) is 5.16 Å². The maximum atomic E-state index is 12.1. The fourth-order valence-electron chi connectivity index (χ4n) is 1.46. The summed E-state index contributed by atoms with van der Waals surface area (Å²) in [6.07, 6.45) is -4.79. The number of carbonyl (C=O) groups is 1. The second-order valence-electron chi connectivity index (χ2n) is 4.19. The molecule has 0 fully saturated rings. The van der Waals surface area contributed by atoms with E-state index in [1.807, 2.05) is 0 Å². The number of ether oxygens (including phenoxy) is 1. The van der Waals surface area contributed by atoms with Gasteiger partial charge in [0.2, 0.25) is 0 Å². The molecule has 1 aromatic carbocycles. The number of hydrogen-bond donors (Lipinski definition) is 2. The van der Waals surface area contributed by atoms with Crippen LogP contribution in [0, 0.1) is 0 Å². The molecule has 1 aromatic rings. The second kappa shape index (κ2) is 6.33. The fourth-order valence-corrected chi connectivity index (χ4v) is 1.46. The summed E-state index contributed by atoms with van der Waals surface area (Å²) in [5.41, 5.74) is 5.53. The summed E-state index contributed by atoms with van der Waals surface area (Å²) < 4.78 is 39.7. The average molecular weight is 305 g/mol. The maximum absolute atomic E-state index is 12.1. The number of halogens is 3. The van der Waals surface area contributed by atoms with Crippen molar-refractivity contribution in [1.82, 2.24) is 4.90 Å². The zero-order valence-corrected chi connectivity index (χ0v) is 11.3. The first-order valence-electron chi connectivity index (χ1n) is 5.76. The highest BCUT2D eigenvalue weighted by molar-refractivity contribution is 5.98. The third kappa shape index (κ3) is 4.55. The molecule has 116 valence electrons. The van der Waals surface area contributed by atoms with Crippen molar-refractivity contribution in [3.05, 3.63) is 29.8 Å². The molecule has 1 rings (SSSR count). The summed E-state index contributed by atoms with van der Waals surface area (Å²) in [6, 6.07) is 3.78. The Morgan fingerprint density at radius 1 is 1.38 bits per heavy atom. The van der Waals surface area contributed by atoms with Crippen molar-refractivity contribution < 1.29 is 27.9 Å². The molecule has 1 unspecified atom stereocenters. The summed E-state index contributed by atoms with van der Waals surface area (Å²) >= 11 is 0. The lowest BCUT2D eigenvalue weighted by Gasteiger charge is -2.23. The molecule has 6 nitrogen and oxygen atoms in total. The summed E-state index contributed by atoms with van der Waals surface area (Å²) in [7, 11) is 1.42. The molecule has 0 bridgehead atoms. The van der Waals surface area contributed by atoms with Crippen LogP contribution in [0.1, 0.15) is 17.3 Å². The Morgan fingerprint density at radius 3 is 2.33 bits per heavy atom. The van der Waals surface area contributed by atoms with Crippen LogP contribution < -0.4 is 10.5 Å². The number of nitrogens with zero attached hydrogens (tertiary/aromatic N) is 2. The zero-order chi connectivity index (χ0) is 16.2. The number of amides is 1. The Bertz CT molecular complexity index is 529. The average Bonchev–Trinajstić information content (AvgIpc) is 2.43. The number of rotatable bonds is 4. The van der Waals surface area contributed by atoms with Crippen LogP contribution in [0.3, 0.4) is 0 Å². The first-order chi connectivity index (χ1) is 9.65. The monoisotopic (exact) mass is 305 g/mol. The van der Waals surface area contributed by atoms with Crippen molar-refractivity contribution in [2.75, 3.05) is 7.05 Å². The summed E-state index contributed by atoms with van der Waals surface area (Å²) in [4.78, 5) is 13.3. The van der Waals surface area contributed by atoms with E-state index in [9.17, 15) is 18.0 Å². The van der Waals surface area contributed by atoms with E-state index in [-0.39, 0.29) is 11.4 Å². The maximum Gasteiger partial charge on any atom is 0.573 e. The molecule has 1 atom stereocenters. The van der Waals surface area contributed by atoms with E-state index in [1.165, 1.54) is 31.0 Å². The fraction of sp³-hybridized carbons (Fsp3) is 0.333. The Morgan fingerprint density at radius 2 is 1.90 bits per heavy atom. The Balaban J connectivity index is 2.84. The van der Waals surface area contributed by atoms with Gasteiger partial charge in [0.1, 0.15) is 5.75 Å². The van der Waals surface area contributed by atoms with Gasteiger partial charge in [-0.25, -0.2) is 0 Å². The lowest BCUT2D eigenvalue weighted by Crippen LogP contribution is -2.43. The Hall–Kier alpha value is -2.45. The Labute approximate surface area is 118 Å². The predicted molar refractivity (Wildman–Crippen MR) is 68.1 cm³/mol. The van der Waals surface area contributed by atoms with E-state index in [4.69, 9.17) is 10.9 Å². The highest BCUT2D eigenvalue weighted by Crippen LogP contribution is 2.23. The highest BCUT2D eigenvalue weighted by Gasteiger charge is 2.31. The van der Waals surface area contributed by atoms with Crippen LogP contribution in [0.5, 0.6) is 5.75 Å². The molecule has 0 saturated heterocycles. The standard InChI is InChI=1S/C12H14F3N3O3/c1-7(10(16)17-20)18(2)11(19)8-3-5-9(6-4-8)21-12(13,14)15/h3-7,20H,1-2H3,(H2,16,17). The number of likely N-dealkylation sites (N-methyl/N-ethyl adjacent to an activating group) is 1. The van der Waals surface area contributed by atoms with Gasteiger partial charge in [0.05, 0.1) is 6.04 Å². The van der Waals surface area contributed by atoms with Crippen molar-refractivity contribution in [2.24, 2.45) is 10.9 Å². The first kappa shape index (κ1) is 16.6. The number of oxime groups is 1. The zero-order valence-electron chi connectivity index (χ0n) is 11.3. The molecule has 1 amide bonds. The number of carbonyl (C=O) groups excluding carboxylic acids is 1. The van der Waals surface area contributed by atoms with Crippen molar-refractivity contribution >= 4 is 11.7 Å². The highest BCUT2D eigenvalue weighted by atomic mass is 19.4. The number of amidine groups is 1. The third-order valence-electron chi connectivity index (χ3n) is 2.78. The molecule has 3 N–H and O–H groups in total. The lowest BCUT2D eigenvalue weighted by molar-refractivity contribution is -0.274. The molecule has 21 heavy (non-hydrogen) atoms. The van der Waals surface area contributed by atoms with E-state index in [0.29, 0.717) is 0 Å². The van der Waals surface area contributed by atoms with Gasteiger partial charge in [0.15, 0.2) is 5.84 Å². The van der Waals surface area contributed by atoms with Gasteiger partial charge < -0.3 is 20.6 Å². The van der Waals surface area contributed by atoms with E-state index >= 15 is 0 Å². The van der Waals surface area contributed by atoms with E-state index in [1.54, 1.807) is 0 Å². The van der Waals surface area contributed by atoms with E-state index in [2.05, 4.69) is 9.89 Å². The van der Waals surface area contributed by atoms with Crippen LogP contribution in [-0.4, -0.2) is 41.3 Å². The Kier molecular flexibility index (Phi) is 5.01. The van der Waals surface area contributed by atoms with Crippen LogP contribution >= 0.6 is 0 Å². The smallest absolute Gasteiger partial charge is 0.409 e. The number of nitrogens with two attached hydrogens (primary N) is 1.